The van der Waals surface area contributed by atoms with Gasteiger partial charge >= 0.3 is 0 Å². The second kappa shape index (κ2) is 8.82. The number of primary sulfonamides is 1. The molecule has 0 fully saturated rings. The van der Waals surface area contributed by atoms with Crippen LogP contribution in [-0.4, -0.2) is 20.9 Å². The Kier molecular flexibility index (Phi) is 6.76. The summed E-state index contributed by atoms with van der Waals surface area (Å²) in [7, 11) is -3.71. The molecule has 0 heterocycles. The number of hydrogen-bond donors (Lipinski definition) is 2. The Bertz CT molecular complexity index is 848. The summed E-state index contributed by atoms with van der Waals surface area (Å²) >= 11 is 0. The summed E-state index contributed by atoms with van der Waals surface area (Å²) in [6.07, 6.45) is 0.961. The lowest BCUT2D eigenvalue weighted by atomic mass is 10.1. The van der Waals surface area contributed by atoms with Crippen LogP contribution in [-0.2, 0) is 14.8 Å². The molecule has 26 heavy (non-hydrogen) atoms. The minimum atomic E-state index is -3.71. The van der Waals surface area contributed by atoms with E-state index < -0.39 is 10.0 Å². The Labute approximate surface area is 154 Å². The molecule has 7 heteroatoms. The van der Waals surface area contributed by atoms with E-state index in [2.05, 4.69) is 5.32 Å². The van der Waals surface area contributed by atoms with Crippen molar-refractivity contribution in [3.8, 4) is 5.75 Å². The molecule has 1 amide bonds. The monoisotopic (exact) mass is 376 g/mol. The van der Waals surface area contributed by atoms with Gasteiger partial charge < -0.3 is 10.1 Å². The van der Waals surface area contributed by atoms with Crippen molar-refractivity contribution < 1.29 is 17.9 Å². The van der Waals surface area contributed by atoms with E-state index in [0.717, 1.165) is 16.9 Å². The maximum Gasteiger partial charge on any atom is 0.238 e. The number of carbonyl (C=O) groups excluding carboxylic acids is 1. The van der Waals surface area contributed by atoms with Gasteiger partial charge in [-0.2, -0.15) is 0 Å². The maximum atomic E-state index is 12.0. The Hall–Kier alpha value is -2.38. The number of sulfonamides is 1. The van der Waals surface area contributed by atoms with Gasteiger partial charge in [0.2, 0.25) is 15.9 Å². The molecule has 0 aliphatic heterocycles. The van der Waals surface area contributed by atoms with E-state index in [0.29, 0.717) is 19.4 Å². The summed E-state index contributed by atoms with van der Waals surface area (Å²) in [6.45, 7) is 4.29. The van der Waals surface area contributed by atoms with Crippen molar-refractivity contribution in [1.82, 2.24) is 5.32 Å². The van der Waals surface area contributed by atoms with Crippen LogP contribution in [0, 0.1) is 6.92 Å². The molecule has 2 aromatic carbocycles. The number of ether oxygens (including phenoxy) is 1. The van der Waals surface area contributed by atoms with E-state index in [1.807, 2.05) is 38.1 Å². The van der Waals surface area contributed by atoms with Crippen LogP contribution in [0.25, 0.3) is 0 Å². The highest BCUT2D eigenvalue weighted by Gasteiger charge is 2.12. The molecule has 0 aliphatic carbocycles. The minimum Gasteiger partial charge on any atom is -0.493 e. The zero-order valence-corrected chi connectivity index (χ0v) is 15.8. The topological polar surface area (TPSA) is 98.5 Å². The average Bonchev–Trinajstić information content (AvgIpc) is 2.59. The highest BCUT2D eigenvalue weighted by Crippen LogP contribution is 2.17. The highest BCUT2D eigenvalue weighted by molar-refractivity contribution is 7.89. The van der Waals surface area contributed by atoms with E-state index >= 15 is 0 Å². The summed E-state index contributed by atoms with van der Waals surface area (Å²) < 4.78 is 28.2. The standard InChI is InChI=1S/C19H24N2O4S/c1-14-6-3-4-7-18(14)25-13-5-8-19(22)21-15(2)16-9-11-17(12-10-16)26(20,23)24/h3-4,6-7,9-12,15H,5,8,13H2,1-2H3,(H,21,22)(H2,20,23,24). The lowest BCUT2D eigenvalue weighted by Crippen LogP contribution is -2.26. The normalized spacial score (nSPS) is 12.4. The summed E-state index contributed by atoms with van der Waals surface area (Å²) in [6, 6.07) is 13.7. The molecule has 0 aromatic heterocycles. The van der Waals surface area contributed by atoms with Crippen LogP contribution in [0.3, 0.4) is 0 Å². The Morgan fingerprint density at radius 3 is 2.42 bits per heavy atom. The first-order valence-corrected chi connectivity index (χ1v) is 9.92. The van der Waals surface area contributed by atoms with E-state index in [1.165, 1.54) is 12.1 Å². The summed E-state index contributed by atoms with van der Waals surface area (Å²) in [5.41, 5.74) is 1.87. The van der Waals surface area contributed by atoms with Gasteiger partial charge in [-0.25, -0.2) is 13.6 Å². The van der Waals surface area contributed by atoms with E-state index in [9.17, 15) is 13.2 Å². The fourth-order valence-electron chi connectivity index (χ4n) is 2.48. The Morgan fingerprint density at radius 1 is 1.15 bits per heavy atom. The van der Waals surface area contributed by atoms with Crippen molar-refractivity contribution in [3.05, 3.63) is 59.7 Å². The summed E-state index contributed by atoms with van der Waals surface area (Å²) in [5.74, 6) is 0.748. The van der Waals surface area contributed by atoms with Gasteiger partial charge in [-0.05, 0) is 49.6 Å². The van der Waals surface area contributed by atoms with Gasteiger partial charge in [0.05, 0.1) is 17.5 Å². The second-order valence-corrected chi connectivity index (χ2v) is 7.68. The van der Waals surface area contributed by atoms with Crippen LogP contribution < -0.4 is 15.2 Å². The number of aryl methyl sites for hydroxylation is 1. The lowest BCUT2D eigenvalue weighted by Gasteiger charge is -2.15. The molecule has 6 nitrogen and oxygen atoms in total. The number of carbonyl (C=O) groups is 1. The maximum absolute atomic E-state index is 12.0. The number of hydrogen-bond acceptors (Lipinski definition) is 4. The molecular formula is C19H24N2O4S. The molecular weight excluding hydrogens is 352 g/mol. The molecule has 1 atom stereocenters. The number of benzene rings is 2. The van der Waals surface area contributed by atoms with Crippen molar-refractivity contribution in [3.63, 3.8) is 0 Å². The zero-order chi connectivity index (χ0) is 19.2. The van der Waals surface area contributed by atoms with Crippen LogP contribution in [0.15, 0.2) is 53.4 Å². The first kappa shape index (κ1) is 19.9. The molecule has 0 bridgehead atoms. The molecule has 0 spiro atoms. The molecule has 2 aromatic rings. The van der Waals surface area contributed by atoms with E-state index in [1.54, 1.807) is 12.1 Å². The van der Waals surface area contributed by atoms with Crippen molar-refractivity contribution in [1.29, 1.82) is 0 Å². The zero-order valence-electron chi connectivity index (χ0n) is 14.9. The van der Waals surface area contributed by atoms with Crippen molar-refractivity contribution >= 4 is 15.9 Å². The van der Waals surface area contributed by atoms with E-state index in [4.69, 9.17) is 9.88 Å². The van der Waals surface area contributed by atoms with Gasteiger partial charge in [0.1, 0.15) is 5.75 Å². The number of rotatable bonds is 8. The van der Waals surface area contributed by atoms with Crippen LogP contribution in [0.1, 0.15) is 36.9 Å². The second-order valence-electron chi connectivity index (χ2n) is 6.12. The minimum absolute atomic E-state index is 0.0492. The molecule has 140 valence electrons. The fourth-order valence-corrected chi connectivity index (χ4v) is 2.99. The van der Waals surface area contributed by atoms with Gasteiger partial charge in [0.15, 0.2) is 0 Å². The molecule has 0 saturated carbocycles. The average molecular weight is 376 g/mol. The molecule has 0 saturated heterocycles. The van der Waals surface area contributed by atoms with Crippen LogP contribution in [0.4, 0.5) is 0 Å². The van der Waals surface area contributed by atoms with Gasteiger partial charge in [0, 0.05) is 6.42 Å². The van der Waals surface area contributed by atoms with Crippen LogP contribution in [0.2, 0.25) is 0 Å². The van der Waals surface area contributed by atoms with Gasteiger partial charge in [-0.15, -0.1) is 0 Å². The molecule has 0 aliphatic rings. The summed E-state index contributed by atoms with van der Waals surface area (Å²) in [4.78, 5) is 12.1. The van der Waals surface area contributed by atoms with Crippen molar-refractivity contribution in [2.24, 2.45) is 5.14 Å². The SMILES string of the molecule is Cc1ccccc1OCCCC(=O)NC(C)c1ccc(S(N)(=O)=O)cc1. The largest absolute Gasteiger partial charge is 0.493 e. The number of amides is 1. The lowest BCUT2D eigenvalue weighted by molar-refractivity contribution is -0.121. The van der Waals surface area contributed by atoms with E-state index in [-0.39, 0.29) is 16.8 Å². The first-order chi connectivity index (χ1) is 12.3. The van der Waals surface area contributed by atoms with Crippen LogP contribution in [0.5, 0.6) is 5.75 Å². The first-order valence-electron chi connectivity index (χ1n) is 8.38. The Morgan fingerprint density at radius 2 is 1.81 bits per heavy atom. The van der Waals surface area contributed by atoms with Gasteiger partial charge in [-0.1, -0.05) is 30.3 Å². The third-order valence-corrected chi connectivity index (χ3v) is 4.91. The molecule has 3 N–H and O–H groups in total. The third-order valence-electron chi connectivity index (χ3n) is 3.99. The number of nitrogens with two attached hydrogens (primary N) is 1. The van der Waals surface area contributed by atoms with Gasteiger partial charge in [0.25, 0.3) is 0 Å². The molecule has 1 unspecified atom stereocenters. The predicted octanol–water partition coefficient (Wildman–Crippen LogP) is 2.68. The van der Waals surface area contributed by atoms with Crippen molar-refractivity contribution in [2.75, 3.05) is 6.61 Å². The molecule has 0 radical (unpaired) electrons. The quantitative estimate of drug-likeness (QED) is 0.692. The predicted molar refractivity (Wildman–Crippen MR) is 100 cm³/mol. The number of nitrogens with one attached hydrogen (secondary N) is 1. The fraction of sp³-hybridized carbons (Fsp3) is 0.316. The smallest absolute Gasteiger partial charge is 0.238 e. The Balaban J connectivity index is 1.77. The van der Waals surface area contributed by atoms with Gasteiger partial charge in [-0.3, -0.25) is 4.79 Å². The summed E-state index contributed by atoms with van der Waals surface area (Å²) in [5, 5.41) is 7.96. The molecule has 2 rings (SSSR count). The van der Waals surface area contributed by atoms with Crippen LogP contribution >= 0.6 is 0 Å². The number of para-hydroxylation sites is 1. The highest BCUT2D eigenvalue weighted by atomic mass is 32.2. The third kappa shape index (κ3) is 5.86. The van der Waals surface area contributed by atoms with Crippen molar-refractivity contribution in [2.45, 2.75) is 37.6 Å².